The van der Waals surface area contributed by atoms with Crippen LogP contribution in [-0.4, -0.2) is 24.7 Å². The van der Waals surface area contributed by atoms with E-state index in [-0.39, 0.29) is 0 Å². The summed E-state index contributed by atoms with van der Waals surface area (Å²) in [5, 5.41) is 8.91. The van der Waals surface area contributed by atoms with Gasteiger partial charge in [-0.05, 0) is 143 Å². The van der Waals surface area contributed by atoms with Crippen LogP contribution >= 0.6 is 0 Å². The first kappa shape index (κ1) is 36.3. The smallest absolute Gasteiger partial charge is 0.0103 e. The predicted molar refractivity (Wildman–Crippen MR) is 206 cm³/mol. The lowest BCUT2D eigenvalue weighted by molar-refractivity contribution is 0.0608. The number of hydrogen-bond acceptors (Lipinski definition) is 2. The molecule has 0 radical (unpaired) electrons. The van der Waals surface area contributed by atoms with Gasteiger partial charge in [0.25, 0.3) is 0 Å². The maximum absolute atomic E-state index is 4.50. The van der Waals surface area contributed by atoms with Crippen LogP contribution in [0.3, 0.4) is 0 Å². The van der Waals surface area contributed by atoms with Gasteiger partial charge < -0.3 is 10.6 Å². The molecule has 7 aliphatic carbocycles. The maximum atomic E-state index is 4.50. The first-order valence-corrected chi connectivity index (χ1v) is 23.2. The average molecular weight is 663 g/mol. The van der Waals surface area contributed by atoms with Crippen LogP contribution in [0.5, 0.6) is 0 Å². The molecule has 0 amide bonds. The van der Waals surface area contributed by atoms with Gasteiger partial charge in [0.1, 0.15) is 0 Å². The molecule has 0 aromatic rings. The zero-order valence-corrected chi connectivity index (χ0v) is 32.1. The van der Waals surface area contributed by atoms with Crippen LogP contribution in [0.15, 0.2) is 0 Å². The van der Waals surface area contributed by atoms with Crippen LogP contribution in [0.25, 0.3) is 0 Å². The highest BCUT2D eigenvalue weighted by Crippen LogP contribution is 2.48. The Kier molecular flexibility index (Phi) is 14.1. The number of fused-ring (bicyclic) bond motifs is 1. The fourth-order valence-corrected chi connectivity index (χ4v) is 14.0. The molecule has 48 heavy (non-hydrogen) atoms. The Labute approximate surface area is 299 Å². The summed E-state index contributed by atoms with van der Waals surface area (Å²) >= 11 is 0. The minimum Gasteiger partial charge on any atom is -0.313 e. The average Bonchev–Trinajstić information content (AvgIpc) is 3.16. The van der Waals surface area contributed by atoms with E-state index < -0.39 is 0 Å². The zero-order valence-electron chi connectivity index (χ0n) is 32.1. The fraction of sp³-hybridized carbons (Fsp3) is 1.00. The van der Waals surface area contributed by atoms with E-state index in [1.807, 2.05) is 0 Å². The molecule has 8 unspecified atom stereocenters. The predicted octanol–water partition coefficient (Wildman–Crippen LogP) is 12.6. The molecule has 0 aliphatic heterocycles. The third-order valence-electron chi connectivity index (χ3n) is 17.1. The highest BCUT2D eigenvalue weighted by molar-refractivity contribution is 4.96. The molecule has 276 valence electrons. The van der Waals surface area contributed by atoms with Crippen LogP contribution < -0.4 is 10.6 Å². The van der Waals surface area contributed by atoms with Crippen molar-refractivity contribution >= 4 is 0 Å². The molecular weight excluding hydrogens is 581 g/mol. The standard InChI is InChI=1S/C46H82N2/c1-34(35-14-5-2-6-15-35)24-25-41(33-47-45-23-13-19-38-18-11-12-22-43(38)45)40-30-31-44(46(32-40)48-42-20-9-4-10-21-42)39-28-26-37(27-29-39)36-16-7-3-8-17-36/h34-48H,2-33H2,1H3. The van der Waals surface area contributed by atoms with E-state index >= 15 is 0 Å². The topological polar surface area (TPSA) is 24.1 Å². The van der Waals surface area contributed by atoms with E-state index in [1.54, 1.807) is 38.5 Å². The summed E-state index contributed by atoms with van der Waals surface area (Å²) in [6.45, 7) is 3.99. The van der Waals surface area contributed by atoms with E-state index in [1.165, 1.54) is 167 Å². The highest BCUT2D eigenvalue weighted by Gasteiger charge is 2.42. The van der Waals surface area contributed by atoms with Crippen molar-refractivity contribution in [3.05, 3.63) is 0 Å². The summed E-state index contributed by atoms with van der Waals surface area (Å²) in [4.78, 5) is 0. The molecular formula is C46H82N2. The Morgan fingerprint density at radius 3 is 1.77 bits per heavy atom. The normalized spacial score (nSPS) is 39.4. The van der Waals surface area contributed by atoms with Crippen molar-refractivity contribution in [2.45, 2.75) is 224 Å². The Bertz CT molecular complexity index is 888. The van der Waals surface area contributed by atoms with Gasteiger partial charge in [-0.1, -0.05) is 129 Å². The Morgan fingerprint density at radius 2 is 1.00 bits per heavy atom. The SMILES string of the molecule is CC(CCC(CNC1CCCC2CCCCC21)C1CCC(C2CCC(C3CCCCC3)CC2)C(NC2CCCCC2)C1)C1CCCCC1. The molecule has 0 bridgehead atoms. The van der Waals surface area contributed by atoms with Crippen LogP contribution in [0, 0.1) is 59.2 Å². The zero-order chi connectivity index (χ0) is 32.5. The monoisotopic (exact) mass is 663 g/mol. The molecule has 7 rings (SSSR count). The van der Waals surface area contributed by atoms with Gasteiger partial charge >= 0.3 is 0 Å². The second-order valence-corrected chi connectivity index (χ2v) is 19.8. The quantitative estimate of drug-likeness (QED) is 0.217. The van der Waals surface area contributed by atoms with Crippen molar-refractivity contribution in [2.24, 2.45) is 59.2 Å². The summed E-state index contributed by atoms with van der Waals surface area (Å²) < 4.78 is 0. The molecule has 7 aliphatic rings. The van der Waals surface area contributed by atoms with Crippen LogP contribution in [0.2, 0.25) is 0 Å². The van der Waals surface area contributed by atoms with Crippen molar-refractivity contribution < 1.29 is 0 Å². The Balaban J connectivity index is 1.01. The molecule has 0 aromatic heterocycles. The van der Waals surface area contributed by atoms with Crippen molar-refractivity contribution in [1.82, 2.24) is 10.6 Å². The minimum absolute atomic E-state index is 0.804. The first-order chi connectivity index (χ1) is 23.7. The number of hydrogen-bond donors (Lipinski definition) is 2. The number of rotatable bonds is 12. The molecule has 0 saturated heterocycles. The van der Waals surface area contributed by atoms with Gasteiger partial charge in [-0.15, -0.1) is 0 Å². The second kappa shape index (κ2) is 18.6. The molecule has 7 fully saturated rings. The van der Waals surface area contributed by atoms with Gasteiger partial charge in [-0.3, -0.25) is 0 Å². The Hall–Kier alpha value is -0.0800. The number of nitrogens with one attached hydrogen (secondary N) is 2. The lowest BCUT2D eigenvalue weighted by Gasteiger charge is -2.48. The molecule has 0 spiro atoms. The van der Waals surface area contributed by atoms with E-state index in [0.717, 1.165) is 77.3 Å². The second-order valence-electron chi connectivity index (χ2n) is 19.8. The first-order valence-electron chi connectivity index (χ1n) is 23.2. The molecule has 0 heterocycles. The summed E-state index contributed by atoms with van der Waals surface area (Å²) in [6.07, 6.45) is 47.0. The van der Waals surface area contributed by atoms with Crippen LogP contribution in [-0.2, 0) is 0 Å². The van der Waals surface area contributed by atoms with E-state index in [9.17, 15) is 0 Å². The third-order valence-corrected chi connectivity index (χ3v) is 17.1. The van der Waals surface area contributed by atoms with E-state index in [4.69, 9.17) is 0 Å². The molecule has 2 nitrogen and oxygen atoms in total. The van der Waals surface area contributed by atoms with Crippen molar-refractivity contribution in [3.63, 3.8) is 0 Å². The Morgan fingerprint density at radius 1 is 0.438 bits per heavy atom. The molecule has 7 saturated carbocycles. The van der Waals surface area contributed by atoms with Crippen molar-refractivity contribution in [2.75, 3.05) is 6.54 Å². The maximum Gasteiger partial charge on any atom is 0.0103 e. The van der Waals surface area contributed by atoms with Gasteiger partial charge in [-0.2, -0.15) is 0 Å². The fourth-order valence-electron chi connectivity index (χ4n) is 14.0. The summed E-state index contributed by atoms with van der Waals surface area (Å²) in [5.41, 5.74) is 0. The minimum atomic E-state index is 0.804. The van der Waals surface area contributed by atoms with Gasteiger partial charge in [-0.25, -0.2) is 0 Å². The van der Waals surface area contributed by atoms with Gasteiger partial charge in [0, 0.05) is 18.1 Å². The van der Waals surface area contributed by atoms with Gasteiger partial charge in [0.2, 0.25) is 0 Å². The van der Waals surface area contributed by atoms with Crippen LogP contribution in [0.4, 0.5) is 0 Å². The largest absolute Gasteiger partial charge is 0.313 e. The lowest BCUT2D eigenvalue weighted by Crippen LogP contribution is -2.51. The van der Waals surface area contributed by atoms with Crippen molar-refractivity contribution in [1.29, 1.82) is 0 Å². The summed E-state index contributed by atoms with van der Waals surface area (Å²) in [6, 6.07) is 2.45. The molecule has 2 N–H and O–H groups in total. The van der Waals surface area contributed by atoms with Crippen LogP contribution in [0.1, 0.15) is 206 Å². The summed E-state index contributed by atoms with van der Waals surface area (Å²) in [5.74, 6) is 9.99. The van der Waals surface area contributed by atoms with Gasteiger partial charge in [0.05, 0.1) is 0 Å². The van der Waals surface area contributed by atoms with E-state index in [2.05, 4.69) is 17.6 Å². The molecule has 8 atom stereocenters. The third kappa shape index (κ3) is 9.66. The molecule has 2 heteroatoms. The van der Waals surface area contributed by atoms with Gasteiger partial charge in [0.15, 0.2) is 0 Å². The highest BCUT2D eigenvalue weighted by atomic mass is 15.0. The lowest BCUT2D eigenvalue weighted by atomic mass is 9.62. The van der Waals surface area contributed by atoms with Crippen molar-refractivity contribution in [3.8, 4) is 0 Å². The summed E-state index contributed by atoms with van der Waals surface area (Å²) in [7, 11) is 0. The molecule has 0 aromatic carbocycles. The van der Waals surface area contributed by atoms with E-state index in [0.29, 0.717) is 0 Å².